The van der Waals surface area contributed by atoms with Crippen LogP contribution in [0.1, 0.15) is 11.1 Å². The number of amides is 1. The first-order valence-corrected chi connectivity index (χ1v) is 6.60. The van der Waals surface area contributed by atoms with Gasteiger partial charge in [-0.15, -0.1) is 0 Å². The van der Waals surface area contributed by atoms with E-state index in [1.165, 1.54) is 12.1 Å². The van der Waals surface area contributed by atoms with Crippen molar-refractivity contribution in [2.75, 3.05) is 5.32 Å². The molecule has 106 valence electrons. The number of nitriles is 1. The molecular formula is C17H15FN2O. The van der Waals surface area contributed by atoms with Crippen molar-refractivity contribution in [2.45, 2.75) is 13.3 Å². The summed E-state index contributed by atoms with van der Waals surface area (Å²) in [6.07, 6.45) is 0.331. The minimum absolute atomic E-state index is 0.331. The molecule has 0 radical (unpaired) electrons. The number of carbonyl (C=O) groups is 1. The van der Waals surface area contributed by atoms with Crippen LogP contribution in [0.4, 0.5) is 10.1 Å². The van der Waals surface area contributed by atoms with Crippen LogP contribution in [0.3, 0.4) is 0 Å². The molecule has 1 N–H and O–H groups in total. The van der Waals surface area contributed by atoms with E-state index in [0.717, 1.165) is 5.56 Å². The maximum absolute atomic E-state index is 13.3. The summed E-state index contributed by atoms with van der Waals surface area (Å²) in [5.74, 6) is -1.65. The summed E-state index contributed by atoms with van der Waals surface area (Å²) in [6.45, 7) is 1.74. The van der Waals surface area contributed by atoms with E-state index in [4.69, 9.17) is 5.26 Å². The van der Waals surface area contributed by atoms with Gasteiger partial charge in [0.25, 0.3) is 0 Å². The van der Waals surface area contributed by atoms with Crippen LogP contribution in [-0.4, -0.2) is 5.91 Å². The smallest absolute Gasteiger partial charge is 0.242 e. The molecule has 4 heteroatoms. The first-order chi connectivity index (χ1) is 10.1. The lowest BCUT2D eigenvalue weighted by molar-refractivity contribution is -0.118. The molecule has 1 atom stereocenters. The largest absolute Gasteiger partial charge is 0.325 e. The number of halogens is 1. The molecule has 0 aliphatic rings. The van der Waals surface area contributed by atoms with Crippen molar-refractivity contribution in [2.24, 2.45) is 5.92 Å². The van der Waals surface area contributed by atoms with Gasteiger partial charge in [-0.3, -0.25) is 4.79 Å². The lowest BCUT2D eigenvalue weighted by Crippen LogP contribution is -2.23. The number of aryl methyl sites for hydroxylation is 1. The third kappa shape index (κ3) is 4.15. The summed E-state index contributed by atoms with van der Waals surface area (Å²) in [7, 11) is 0. The minimum Gasteiger partial charge on any atom is -0.325 e. The molecule has 0 aromatic heterocycles. The number of anilines is 1. The predicted octanol–water partition coefficient (Wildman–Crippen LogP) is 3.46. The third-order valence-corrected chi connectivity index (χ3v) is 3.06. The highest BCUT2D eigenvalue weighted by Gasteiger charge is 2.18. The van der Waals surface area contributed by atoms with Gasteiger partial charge in [-0.2, -0.15) is 5.26 Å². The molecule has 0 saturated carbocycles. The fraction of sp³-hybridized carbons (Fsp3) is 0.176. The van der Waals surface area contributed by atoms with Crippen molar-refractivity contribution in [1.29, 1.82) is 5.26 Å². The second kappa shape index (κ2) is 6.67. The molecule has 0 heterocycles. The van der Waals surface area contributed by atoms with Crippen LogP contribution in [0.25, 0.3) is 0 Å². The fourth-order valence-electron chi connectivity index (χ4n) is 2.08. The summed E-state index contributed by atoms with van der Waals surface area (Å²) in [5, 5.41) is 11.8. The summed E-state index contributed by atoms with van der Waals surface area (Å²) >= 11 is 0. The van der Waals surface area contributed by atoms with E-state index in [9.17, 15) is 9.18 Å². The van der Waals surface area contributed by atoms with Gasteiger partial charge in [0, 0.05) is 5.69 Å². The average Bonchev–Trinajstić information content (AvgIpc) is 2.44. The number of benzene rings is 2. The van der Waals surface area contributed by atoms with Crippen LogP contribution in [0.15, 0.2) is 48.5 Å². The standard InChI is InChI=1S/C17H15FN2O/c1-12-7-15(18)10-16(8-12)20-17(21)14(11-19)9-13-5-3-2-4-6-13/h2-8,10,14H,9H2,1H3,(H,20,21). The van der Waals surface area contributed by atoms with Crippen molar-refractivity contribution < 1.29 is 9.18 Å². The van der Waals surface area contributed by atoms with Gasteiger partial charge in [-0.1, -0.05) is 30.3 Å². The van der Waals surface area contributed by atoms with Gasteiger partial charge in [0.1, 0.15) is 11.7 Å². The molecule has 0 fully saturated rings. The summed E-state index contributed by atoms with van der Waals surface area (Å²) in [4.78, 5) is 12.1. The third-order valence-electron chi connectivity index (χ3n) is 3.06. The van der Waals surface area contributed by atoms with Crippen LogP contribution in [0.2, 0.25) is 0 Å². The van der Waals surface area contributed by atoms with E-state index >= 15 is 0 Å². The SMILES string of the molecule is Cc1cc(F)cc(NC(=O)C(C#N)Cc2ccccc2)c1. The highest BCUT2D eigenvalue weighted by molar-refractivity contribution is 5.94. The highest BCUT2D eigenvalue weighted by atomic mass is 19.1. The Kier molecular flexibility index (Phi) is 4.68. The molecule has 2 aromatic carbocycles. The number of nitrogens with zero attached hydrogens (tertiary/aromatic N) is 1. The number of hydrogen-bond acceptors (Lipinski definition) is 2. The zero-order valence-corrected chi connectivity index (χ0v) is 11.6. The molecule has 1 unspecified atom stereocenters. The van der Waals surface area contributed by atoms with E-state index in [-0.39, 0.29) is 0 Å². The maximum atomic E-state index is 13.3. The number of hydrogen-bond donors (Lipinski definition) is 1. The zero-order chi connectivity index (χ0) is 15.2. The average molecular weight is 282 g/mol. The molecule has 21 heavy (non-hydrogen) atoms. The topological polar surface area (TPSA) is 52.9 Å². The quantitative estimate of drug-likeness (QED) is 0.933. The molecule has 0 bridgehead atoms. The number of rotatable bonds is 4. The van der Waals surface area contributed by atoms with Gasteiger partial charge < -0.3 is 5.32 Å². The number of nitrogens with one attached hydrogen (secondary N) is 1. The molecular weight excluding hydrogens is 267 g/mol. The Bertz CT molecular complexity index is 657. The Balaban J connectivity index is 2.08. The van der Waals surface area contributed by atoms with Crippen molar-refractivity contribution >= 4 is 11.6 Å². The summed E-state index contributed by atoms with van der Waals surface area (Å²) < 4.78 is 13.3. The molecule has 2 rings (SSSR count). The minimum atomic E-state index is -0.809. The Morgan fingerprint density at radius 1 is 1.29 bits per heavy atom. The summed E-state index contributed by atoms with van der Waals surface area (Å²) in [6, 6.07) is 15.6. The monoisotopic (exact) mass is 282 g/mol. The van der Waals surface area contributed by atoms with Gasteiger partial charge in [-0.25, -0.2) is 4.39 Å². The Morgan fingerprint density at radius 2 is 2.00 bits per heavy atom. The van der Waals surface area contributed by atoms with Gasteiger partial charge in [-0.05, 0) is 42.7 Å². The highest BCUT2D eigenvalue weighted by Crippen LogP contribution is 2.16. The van der Waals surface area contributed by atoms with Crippen molar-refractivity contribution in [3.63, 3.8) is 0 Å². The van der Waals surface area contributed by atoms with Crippen molar-refractivity contribution in [1.82, 2.24) is 0 Å². The van der Waals surface area contributed by atoms with Gasteiger partial charge in [0.15, 0.2) is 0 Å². The van der Waals surface area contributed by atoms with Crippen LogP contribution in [-0.2, 0) is 11.2 Å². The molecule has 0 saturated heterocycles. The lowest BCUT2D eigenvalue weighted by Gasteiger charge is -2.11. The van der Waals surface area contributed by atoms with Crippen LogP contribution < -0.4 is 5.32 Å². The van der Waals surface area contributed by atoms with Crippen molar-refractivity contribution in [3.05, 3.63) is 65.5 Å². The van der Waals surface area contributed by atoms with E-state index in [1.807, 2.05) is 36.4 Å². The van der Waals surface area contributed by atoms with E-state index in [0.29, 0.717) is 17.7 Å². The second-order valence-corrected chi connectivity index (χ2v) is 4.88. The molecule has 2 aromatic rings. The van der Waals surface area contributed by atoms with E-state index < -0.39 is 17.6 Å². The zero-order valence-electron chi connectivity index (χ0n) is 11.6. The molecule has 3 nitrogen and oxygen atoms in total. The number of carbonyl (C=O) groups excluding carboxylic acids is 1. The first-order valence-electron chi connectivity index (χ1n) is 6.60. The van der Waals surface area contributed by atoms with E-state index in [1.54, 1.807) is 13.0 Å². The first kappa shape index (κ1) is 14.7. The molecule has 0 spiro atoms. The lowest BCUT2D eigenvalue weighted by atomic mass is 10.00. The van der Waals surface area contributed by atoms with Gasteiger partial charge >= 0.3 is 0 Å². The molecule has 1 amide bonds. The molecule has 0 aliphatic heterocycles. The summed E-state index contributed by atoms with van der Waals surface area (Å²) in [5.41, 5.74) is 1.99. The molecule has 0 aliphatic carbocycles. The van der Waals surface area contributed by atoms with Crippen LogP contribution >= 0.6 is 0 Å². The predicted molar refractivity (Wildman–Crippen MR) is 79.0 cm³/mol. The Morgan fingerprint density at radius 3 is 2.62 bits per heavy atom. The van der Waals surface area contributed by atoms with Crippen molar-refractivity contribution in [3.8, 4) is 6.07 Å². The maximum Gasteiger partial charge on any atom is 0.242 e. The van der Waals surface area contributed by atoms with E-state index in [2.05, 4.69) is 5.32 Å². The Hall–Kier alpha value is -2.67. The van der Waals surface area contributed by atoms with Crippen LogP contribution in [0, 0.1) is 30.0 Å². The van der Waals surface area contributed by atoms with Gasteiger partial charge in [0.05, 0.1) is 6.07 Å². The second-order valence-electron chi connectivity index (χ2n) is 4.88. The van der Waals surface area contributed by atoms with Gasteiger partial charge in [0.2, 0.25) is 5.91 Å². The normalized spacial score (nSPS) is 11.5. The fourth-order valence-corrected chi connectivity index (χ4v) is 2.08. The van der Waals surface area contributed by atoms with Crippen LogP contribution in [0.5, 0.6) is 0 Å². The Labute approximate surface area is 123 Å².